The summed E-state index contributed by atoms with van der Waals surface area (Å²) in [6.07, 6.45) is 8.77. The summed E-state index contributed by atoms with van der Waals surface area (Å²) in [6, 6.07) is 0.576. The number of fused-ring (bicyclic) bond motifs is 1. The molecule has 1 heteroatoms. The van der Waals surface area contributed by atoms with Crippen LogP contribution in [0.2, 0.25) is 0 Å². The van der Waals surface area contributed by atoms with Gasteiger partial charge in [-0.3, -0.25) is 0 Å². The van der Waals surface area contributed by atoms with E-state index in [1.54, 1.807) is 0 Å². The molecule has 0 amide bonds. The largest absolute Gasteiger partial charge is 0.327 e. The van der Waals surface area contributed by atoms with Crippen LogP contribution in [0.5, 0.6) is 0 Å². The van der Waals surface area contributed by atoms with Gasteiger partial charge < -0.3 is 5.73 Å². The molecule has 3 fully saturated rings. The Labute approximate surface area is 74.7 Å². The molecule has 0 aromatic carbocycles. The summed E-state index contributed by atoms with van der Waals surface area (Å²) >= 11 is 0. The second-order valence-electron chi connectivity index (χ2n) is 5.26. The lowest BCUT2D eigenvalue weighted by molar-refractivity contribution is 0.201. The van der Waals surface area contributed by atoms with Crippen molar-refractivity contribution in [3.05, 3.63) is 0 Å². The van der Waals surface area contributed by atoms with Gasteiger partial charge in [-0.05, 0) is 55.8 Å². The second-order valence-corrected chi connectivity index (χ2v) is 5.26. The maximum atomic E-state index is 6.27. The Morgan fingerprint density at radius 2 is 1.58 bits per heavy atom. The van der Waals surface area contributed by atoms with Crippen molar-refractivity contribution in [3.8, 4) is 0 Å². The SMILES string of the molecule is NC(C1CCC1)C1CC2CC2C1. The van der Waals surface area contributed by atoms with Crippen LogP contribution in [0.1, 0.15) is 38.5 Å². The van der Waals surface area contributed by atoms with Crippen molar-refractivity contribution in [2.75, 3.05) is 0 Å². The van der Waals surface area contributed by atoms with Gasteiger partial charge in [-0.1, -0.05) is 6.42 Å². The molecule has 3 unspecified atom stereocenters. The van der Waals surface area contributed by atoms with Crippen LogP contribution in [0.15, 0.2) is 0 Å². The molecular weight excluding hydrogens is 146 g/mol. The van der Waals surface area contributed by atoms with Crippen LogP contribution in [-0.2, 0) is 0 Å². The number of hydrogen-bond acceptors (Lipinski definition) is 1. The summed E-state index contributed by atoms with van der Waals surface area (Å²) in [5, 5.41) is 0. The summed E-state index contributed by atoms with van der Waals surface area (Å²) in [4.78, 5) is 0. The fraction of sp³-hybridized carbons (Fsp3) is 1.00. The maximum Gasteiger partial charge on any atom is 0.00958 e. The van der Waals surface area contributed by atoms with E-state index in [4.69, 9.17) is 5.73 Å². The summed E-state index contributed by atoms with van der Waals surface area (Å²) in [7, 11) is 0. The van der Waals surface area contributed by atoms with Gasteiger partial charge in [0.25, 0.3) is 0 Å². The minimum absolute atomic E-state index is 0.576. The standard InChI is InChI=1S/C11H19N/c12-11(7-2-1-3-7)10-5-8-4-9(8)6-10/h7-11H,1-6,12H2. The fourth-order valence-corrected chi connectivity index (χ4v) is 3.29. The molecule has 3 aliphatic carbocycles. The van der Waals surface area contributed by atoms with Crippen molar-refractivity contribution in [2.24, 2.45) is 29.4 Å². The quantitative estimate of drug-likeness (QED) is 0.666. The van der Waals surface area contributed by atoms with Crippen molar-refractivity contribution in [3.63, 3.8) is 0 Å². The molecule has 12 heavy (non-hydrogen) atoms. The van der Waals surface area contributed by atoms with Crippen LogP contribution in [0, 0.1) is 23.7 Å². The van der Waals surface area contributed by atoms with Crippen molar-refractivity contribution < 1.29 is 0 Å². The molecule has 0 radical (unpaired) electrons. The van der Waals surface area contributed by atoms with Crippen LogP contribution in [-0.4, -0.2) is 6.04 Å². The lowest BCUT2D eigenvalue weighted by Crippen LogP contribution is -2.40. The van der Waals surface area contributed by atoms with Crippen LogP contribution in [0.25, 0.3) is 0 Å². The minimum atomic E-state index is 0.576. The van der Waals surface area contributed by atoms with E-state index in [-0.39, 0.29) is 0 Å². The summed E-state index contributed by atoms with van der Waals surface area (Å²) < 4.78 is 0. The van der Waals surface area contributed by atoms with E-state index in [1.165, 1.54) is 38.5 Å². The van der Waals surface area contributed by atoms with E-state index in [2.05, 4.69) is 0 Å². The van der Waals surface area contributed by atoms with Gasteiger partial charge in [0.15, 0.2) is 0 Å². The Hall–Kier alpha value is -0.0400. The zero-order valence-electron chi connectivity index (χ0n) is 7.71. The molecule has 3 rings (SSSR count). The predicted molar refractivity (Wildman–Crippen MR) is 49.6 cm³/mol. The lowest BCUT2D eigenvalue weighted by Gasteiger charge is -2.35. The van der Waals surface area contributed by atoms with Gasteiger partial charge in [0.2, 0.25) is 0 Å². The molecule has 0 heterocycles. The predicted octanol–water partition coefficient (Wildman–Crippen LogP) is 2.16. The average Bonchev–Trinajstić information content (AvgIpc) is 2.55. The van der Waals surface area contributed by atoms with Crippen LogP contribution in [0.4, 0.5) is 0 Å². The van der Waals surface area contributed by atoms with E-state index in [0.29, 0.717) is 6.04 Å². The summed E-state index contributed by atoms with van der Waals surface area (Å²) in [5.74, 6) is 4.05. The zero-order valence-corrected chi connectivity index (χ0v) is 7.71. The minimum Gasteiger partial charge on any atom is -0.327 e. The third-order valence-electron chi connectivity index (χ3n) is 4.52. The molecule has 3 saturated carbocycles. The monoisotopic (exact) mass is 165 g/mol. The van der Waals surface area contributed by atoms with Gasteiger partial charge >= 0.3 is 0 Å². The summed E-state index contributed by atoms with van der Waals surface area (Å²) in [6.45, 7) is 0. The van der Waals surface area contributed by atoms with Gasteiger partial charge in [0, 0.05) is 6.04 Å². The van der Waals surface area contributed by atoms with Crippen LogP contribution in [0.3, 0.4) is 0 Å². The molecule has 0 aromatic rings. The molecule has 3 atom stereocenters. The highest BCUT2D eigenvalue weighted by Crippen LogP contribution is 2.56. The topological polar surface area (TPSA) is 26.0 Å². The summed E-state index contributed by atoms with van der Waals surface area (Å²) in [5.41, 5.74) is 6.27. The zero-order chi connectivity index (χ0) is 8.13. The van der Waals surface area contributed by atoms with E-state index in [0.717, 1.165) is 23.7 Å². The molecule has 2 N–H and O–H groups in total. The highest BCUT2D eigenvalue weighted by molar-refractivity contribution is 5.00. The number of hydrogen-bond donors (Lipinski definition) is 1. The first-order chi connectivity index (χ1) is 5.84. The second kappa shape index (κ2) is 2.47. The lowest BCUT2D eigenvalue weighted by atomic mass is 9.74. The molecule has 0 aromatic heterocycles. The van der Waals surface area contributed by atoms with Crippen molar-refractivity contribution in [1.82, 2.24) is 0 Å². The molecule has 0 bridgehead atoms. The maximum absolute atomic E-state index is 6.27. The van der Waals surface area contributed by atoms with Gasteiger partial charge in [-0.2, -0.15) is 0 Å². The molecular formula is C11H19N. The molecule has 0 saturated heterocycles. The van der Waals surface area contributed by atoms with Gasteiger partial charge in [-0.25, -0.2) is 0 Å². The van der Waals surface area contributed by atoms with Gasteiger partial charge in [0.1, 0.15) is 0 Å². The normalized spacial score (nSPS) is 48.2. The van der Waals surface area contributed by atoms with E-state index < -0.39 is 0 Å². The Morgan fingerprint density at radius 3 is 2.08 bits per heavy atom. The van der Waals surface area contributed by atoms with E-state index >= 15 is 0 Å². The molecule has 3 aliphatic rings. The smallest absolute Gasteiger partial charge is 0.00958 e. The van der Waals surface area contributed by atoms with Crippen LogP contribution < -0.4 is 5.73 Å². The molecule has 68 valence electrons. The van der Waals surface area contributed by atoms with Crippen LogP contribution >= 0.6 is 0 Å². The van der Waals surface area contributed by atoms with Crippen molar-refractivity contribution in [2.45, 2.75) is 44.6 Å². The molecule has 0 aliphatic heterocycles. The third kappa shape index (κ3) is 1.02. The molecule has 0 spiro atoms. The van der Waals surface area contributed by atoms with Gasteiger partial charge in [-0.15, -0.1) is 0 Å². The van der Waals surface area contributed by atoms with E-state index in [1.807, 2.05) is 0 Å². The first-order valence-electron chi connectivity index (χ1n) is 5.60. The Bertz CT molecular complexity index is 175. The average molecular weight is 165 g/mol. The Kier molecular flexibility index (Phi) is 1.52. The van der Waals surface area contributed by atoms with Crippen molar-refractivity contribution in [1.29, 1.82) is 0 Å². The van der Waals surface area contributed by atoms with Gasteiger partial charge in [0.05, 0.1) is 0 Å². The highest BCUT2D eigenvalue weighted by Gasteiger charge is 2.48. The molecule has 1 nitrogen and oxygen atoms in total. The highest BCUT2D eigenvalue weighted by atomic mass is 14.7. The first kappa shape index (κ1) is 7.37. The number of rotatable bonds is 2. The Morgan fingerprint density at radius 1 is 0.917 bits per heavy atom. The third-order valence-corrected chi connectivity index (χ3v) is 4.52. The van der Waals surface area contributed by atoms with Crippen molar-refractivity contribution >= 4 is 0 Å². The number of nitrogens with two attached hydrogens (primary N) is 1. The fourth-order valence-electron chi connectivity index (χ4n) is 3.29. The van der Waals surface area contributed by atoms with E-state index in [9.17, 15) is 0 Å². The first-order valence-corrected chi connectivity index (χ1v) is 5.60. The Balaban J connectivity index is 1.58.